The van der Waals surface area contributed by atoms with E-state index >= 15 is 37.5 Å². The maximum absolute atomic E-state index is 15.9. The number of carbonyl (C=O) groups is 12. The van der Waals surface area contributed by atoms with E-state index in [4.69, 9.17) is 4.74 Å². The van der Waals surface area contributed by atoms with Crippen molar-refractivity contribution in [2.45, 2.75) is 261 Å². The highest BCUT2D eigenvalue weighted by atomic mass is 19.4. The number of nitrogens with one attached hydrogen (secondary N) is 2. The lowest BCUT2D eigenvalue weighted by atomic mass is 9.76. The zero-order valence-corrected chi connectivity index (χ0v) is 64.4. The summed E-state index contributed by atoms with van der Waals surface area (Å²) in [7, 11) is 12.8. The Balaban J connectivity index is 1.33. The number of hydrogen-bond donors (Lipinski definition) is 2. The van der Waals surface area contributed by atoms with Crippen molar-refractivity contribution in [3.8, 4) is 0 Å². The average molecular weight is 1490 g/mol. The third kappa shape index (κ3) is 20.0. The van der Waals surface area contributed by atoms with Crippen LogP contribution in [0.15, 0.2) is 12.2 Å². The fourth-order valence-corrected chi connectivity index (χ4v) is 17.4. The van der Waals surface area contributed by atoms with Crippen molar-refractivity contribution >= 4 is 70.9 Å². The lowest BCUT2D eigenvalue weighted by Gasteiger charge is -2.45. The van der Waals surface area contributed by atoms with Crippen LogP contribution < -0.4 is 10.6 Å². The number of ether oxygens (including phenoxy) is 1. The van der Waals surface area contributed by atoms with Gasteiger partial charge in [0.15, 0.2) is 0 Å². The van der Waals surface area contributed by atoms with Gasteiger partial charge in [-0.25, -0.2) is 8.78 Å². The van der Waals surface area contributed by atoms with Gasteiger partial charge in [-0.05, 0) is 114 Å². The number of hydrogen-bond acceptors (Lipinski definition) is 13. The molecule has 25 nitrogen and oxygen atoms in total. The summed E-state index contributed by atoms with van der Waals surface area (Å²) in [6.07, 6.45) is -2.67. The minimum Gasteiger partial charge on any atom is -0.377 e. The Kier molecular flexibility index (Phi) is 30.2. The SMILES string of the molecule is CCO[C@@H]1C[C@H]2C(=O)N(C)C3(CCCC3)C(=O)N(C)[C@@H](C3CCCC3)C(=O)N(C)[C@H](C(=O)N(C)C)CC(=O)N(C)[C@@H](CC)C(=O)N[C@@H]([C@@H](C)CC)C(=O)N(C)CC(=O)N(C)[C@H]3C/C=C\CCN(C3=O)[C@@H](CC3CCC(C)CC3)C(=O)N(C)CC(=O)N[C@@H](CCC3CC(F)C(C(F)(F)F)C(F)C3)C(=O)N2C1. The number of rotatable bonds is 12. The van der Waals surface area contributed by atoms with Crippen LogP contribution in [0.3, 0.4) is 0 Å². The molecule has 6 fully saturated rings. The van der Waals surface area contributed by atoms with Gasteiger partial charge in [0.25, 0.3) is 0 Å². The van der Waals surface area contributed by atoms with Crippen molar-refractivity contribution in [2.75, 3.05) is 96.2 Å². The summed E-state index contributed by atoms with van der Waals surface area (Å²) in [5, 5.41) is 5.60. The van der Waals surface area contributed by atoms with Crippen LogP contribution in [-0.4, -0.2) is 295 Å². The highest BCUT2D eigenvalue weighted by Crippen LogP contribution is 2.45. The minimum absolute atomic E-state index is 0.0156. The fourth-order valence-electron chi connectivity index (χ4n) is 17.4. The first kappa shape index (κ1) is 85.2. The Bertz CT molecular complexity index is 3110. The Hall–Kier alpha value is -7.01. The lowest BCUT2D eigenvalue weighted by Crippen LogP contribution is -2.65. The lowest BCUT2D eigenvalue weighted by molar-refractivity contribution is -0.219. The summed E-state index contributed by atoms with van der Waals surface area (Å²) in [5.74, 6) is -12.9. The van der Waals surface area contributed by atoms with Crippen LogP contribution in [0.25, 0.3) is 0 Å². The van der Waals surface area contributed by atoms with Crippen LogP contribution in [0.5, 0.6) is 0 Å². The molecule has 3 heterocycles. The summed E-state index contributed by atoms with van der Waals surface area (Å²) < 4.78 is 79.1. The van der Waals surface area contributed by atoms with Gasteiger partial charge in [-0.2, -0.15) is 13.2 Å². The van der Waals surface area contributed by atoms with E-state index in [2.05, 4.69) is 17.6 Å². The average Bonchev–Trinajstić information content (AvgIpc) is 1.67. The van der Waals surface area contributed by atoms with Crippen LogP contribution in [0, 0.1) is 35.5 Å². The molecule has 12 amide bonds. The predicted octanol–water partition coefficient (Wildman–Crippen LogP) is 5.90. The molecule has 3 aliphatic heterocycles. The molecule has 2 unspecified atom stereocenters. The van der Waals surface area contributed by atoms with E-state index in [0.29, 0.717) is 57.3 Å². The quantitative estimate of drug-likeness (QED) is 0.170. The monoisotopic (exact) mass is 1490 g/mol. The van der Waals surface area contributed by atoms with Crippen LogP contribution in [0.2, 0.25) is 0 Å². The largest absolute Gasteiger partial charge is 0.397 e. The van der Waals surface area contributed by atoms with Gasteiger partial charge < -0.3 is 64.4 Å². The molecule has 0 aromatic rings. The summed E-state index contributed by atoms with van der Waals surface area (Å²) >= 11 is 0. The highest BCUT2D eigenvalue weighted by molar-refractivity contribution is 6.01. The first-order valence-corrected chi connectivity index (χ1v) is 38.3. The number of amides is 12. The van der Waals surface area contributed by atoms with Crippen LogP contribution in [0.1, 0.15) is 182 Å². The highest BCUT2D eigenvalue weighted by Gasteiger charge is 2.57. The van der Waals surface area contributed by atoms with Gasteiger partial charge in [0.05, 0.1) is 25.6 Å². The number of likely N-dealkylation sites (N-methyl/N-ethyl adjacent to an activating group) is 8. The van der Waals surface area contributed by atoms with E-state index in [1.807, 2.05) is 13.0 Å². The zero-order chi connectivity index (χ0) is 77.9. The van der Waals surface area contributed by atoms with E-state index in [9.17, 15) is 41.9 Å². The second kappa shape index (κ2) is 37.2. The molecule has 12 atom stereocenters. The molecule has 1 spiro atoms. The second-order valence-corrected chi connectivity index (χ2v) is 31.5. The molecule has 2 N–H and O–H groups in total. The summed E-state index contributed by atoms with van der Waals surface area (Å²) in [6.45, 7) is 7.73. The van der Waals surface area contributed by atoms with Crippen LogP contribution >= 0.6 is 0 Å². The number of fused-ring (bicyclic) bond motifs is 3. The van der Waals surface area contributed by atoms with E-state index in [1.54, 1.807) is 26.8 Å². The third-order valence-corrected chi connectivity index (χ3v) is 24.2. The number of alkyl halides is 5. The van der Waals surface area contributed by atoms with Gasteiger partial charge in [0, 0.05) is 89.5 Å². The van der Waals surface area contributed by atoms with E-state index in [-0.39, 0.29) is 77.0 Å². The Morgan fingerprint density at radius 3 is 1.86 bits per heavy atom. The molecule has 4 saturated carbocycles. The van der Waals surface area contributed by atoms with Crippen molar-refractivity contribution in [3.63, 3.8) is 0 Å². The Morgan fingerprint density at radius 1 is 0.657 bits per heavy atom. The normalized spacial score (nSPS) is 32.5. The van der Waals surface area contributed by atoms with Gasteiger partial charge in [-0.3, -0.25) is 57.5 Å². The van der Waals surface area contributed by atoms with Crippen molar-refractivity contribution < 1.29 is 84.2 Å². The Labute approximate surface area is 617 Å². The number of halogens is 5. The van der Waals surface area contributed by atoms with Crippen molar-refractivity contribution in [1.29, 1.82) is 0 Å². The molecule has 7 rings (SSSR count). The summed E-state index contributed by atoms with van der Waals surface area (Å²) in [5.41, 5.74) is -1.63. The molecule has 0 radical (unpaired) electrons. The van der Waals surface area contributed by atoms with Crippen molar-refractivity contribution in [3.05, 3.63) is 12.2 Å². The smallest absolute Gasteiger partial charge is 0.377 e. The first-order valence-electron chi connectivity index (χ1n) is 38.3. The van der Waals surface area contributed by atoms with Gasteiger partial charge >= 0.3 is 6.18 Å². The third-order valence-electron chi connectivity index (χ3n) is 24.2. The maximum atomic E-state index is 15.9. The molecule has 30 heteroatoms. The van der Waals surface area contributed by atoms with Crippen LogP contribution in [0.4, 0.5) is 22.0 Å². The molecule has 105 heavy (non-hydrogen) atoms. The van der Waals surface area contributed by atoms with E-state index in [0.717, 1.165) is 45.3 Å². The van der Waals surface area contributed by atoms with Gasteiger partial charge in [0.1, 0.15) is 72.1 Å². The fraction of sp³-hybridized carbons (Fsp3) is 0.813. The van der Waals surface area contributed by atoms with Gasteiger partial charge in [-0.15, -0.1) is 0 Å². The topological polar surface area (TPSA) is 271 Å². The maximum Gasteiger partial charge on any atom is 0.397 e. The minimum atomic E-state index is -5.17. The summed E-state index contributed by atoms with van der Waals surface area (Å²) in [6, 6.07) is -10.5. The molecule has 2 saturated heterocycles. The molecule has 0 aromatic heterocycles. The van der Waals surface area contributed by atoms with Crippen LogP contribution in [-0.2, 0) is 62.3 Å². The predicted molar refractivity (Wildman–Crippen MR) is 381 cm³/mol. The molecule has 2 bridgehead atoms. The van der Waals surface area contributed by atoms with Crippen molar-refractivity contribution in [1.82, 2.24) is 59.6 Å². The molecule has 4 aliphatic carbocycles. The molecule has 592 valence electrons. The standard InChI is InChI=1S/C75H119F5N12O13/c1-15-46(5)63-71(102)85(9)44-61(95)87(11)55-27-19-18-24-36-91(70(55)101)57(39-47-30-28-45(4)29-31-47)68(99)84(8)43-59(93)81-53(33-32-48-37-51(76)62(52(77)38-48)75(78,79)80)66(97)92-42-50(105-17-3)40-58(92)69(100)90(14)74(34-22-23-35-74)73(104)89(13)64(49-25-20-21-26-49)72(103)88(12)56(67(98)83(6)7)41-60(94)86(10)54(16-2)65(96)82-63/h18-19,45-58,62-64H,15-17,20-44H2,1-14H3,(H,81,93)(H,82,96)/b19-18-/t45?,46-,47?,48?,50+,51?,52?,53-,54-,55-,56-,57-,58-,62?,63-,64-/m0/s1. The molecular formula is C75H119F5N12O13. The molecular weight excluding hydrogens is 1370 g/mol. The van der Waals surface area contributed by atoms with Gasteiger partial charge in [-0.1, -0.05) is 97.6 Å². The van der Waals surface area contributed by atoms with Crippen molar-refractivity contribution in [2.24, 2.45) is 35.5 Å². The molecule has 7 aliphatic rings. The second-order valence-electron chi connectivity index (χ2n) is 31.5. The molecule has 0 aromatic carbocycles. The number of carbonyl (C=O) groups excluding carboxylic acids is 12. The summed E-state index contributed by atoms with van der Waals surface area (Å²) in [4.78, 5) is 194. The van der Waals surface area contributed by atoms with Gasteiger partial charge in [0.2, 0.25) is 70.9 Å². The number of nitrogens with zero attached hydrogens (tertiary/aromatic N) is 10. The first-order chi connectivity index (χ1) is 49.4. The van der Waals surface area contributed by atoms with E-state index in [1.165, 1.54) is 92.8 Å². The Morgan fingerprint density at radius 2 is 1.28 bits per heavy atom. The zero-order valence-electron chi connectivity index (χ0n) is 64.4. The van der Waals surface area contributed by atoms with E-state index < -0.39 is 205 Å².